The molecule has 1 aromatic carbocycles. The van der Waals surface area contributed by atoms with Gasteiger partial charge in [-0.05, 0) is 40.5 Å². The van der Waals surface area contributed by atoms with Crippen LogP contribution in [0.3, 0.4) is 0 Å². The Labute approximate surface area is 234 Å². The molecule has 3 aliphatic rings. The number of aliphatic carboxylic acids is 1. The number of carbonyl (C=O) groups is 4. The molecule has 5 N–H and O–H groups in total. The molecule has 2 fully saturated rings. The second kappa shape index (κ2) is 11.5. The smallest absolute Gasteiger partial charge is 0.353 e. The molecule has 3 aliphatic heterocycles. The minimum atomic E-state index is -1.15. The number of hydrogen-bond acceptors (Lipinski definition) is 10. The number of fused-ring (bicyclic) bond motifs is 1. The Kier molecular flexibility index (Phi) is 8.01. The van der Waals surface area contributed by atoms with E-state index in [2.05, 4.69) is 26.2 Å². The number of Topliss-reactive ketones (excluding diaryl/α,β-unsaturated/α-hetero) is 1. The molecule has 40 heavy (non-hydrogen) atoms. The van der Waals surface area contributed by atoms with E-state index in [9.17, 15) is 24.3 Å². The zero-order chi connectivity index (χ0) is 28.6. The van der Waals surface area contributed by atoms with Gasteiger partial charge >= 0.3 is 5.97 Å². The molecular formula is C26H32N8O5S. The molecule has 4 heterocycles. The van der Waals surface area contributed by atoms with E-state index in [1.54, 1.807) is 0 Å². The molecule has 0 unspecified atom stereocenters. The topological polar surface area (TPSA) is 185 Å². The van der Waals surface area contributed by atoms with E-state index >= 15 is 0 Å². The van der Waals surface area contributed by atoms with Crippen molar-refractivity contribution < 1.29 is 24.3 Å². The lowest BCUT2D eigenvalue weighted by atomic mass is 9.73. The highest BCUT2D eigenvalue weighted by atomic mass is 32.2. The fraction of sp³-hybridized carbons (Fsp3) is 0.500. The van der Waals surface area contributed by atoms with Gasteiger partial charge in [0, 0.05) is 41.3 Å². The van der Waals surface area contributed by atoms with Crippen LogP contribution in [-0.2, 0) is 32.3 Å². The lowest BCUT2D eigenvalue weighted by Crippen LogP contribution is -2.62. The van der Waals surface area contributed by atoms with Gasteiger partial charge in [-0.15, -0.1) is 16.9 Å². The number of nitrogens with one attached hydrogen (secondary N) is 2. The maximum Gasteiger partial charge on any atom is 0.353 e. The first-order valence-corrected chi connectivity index (χ1v) is 14.1. The molecule has 2 saturated heterocycles. The van der Waals surface area contributed by atoms with Gasteiger partial charge in [0.25, 0.3) is 0 Å². The molecule has 2 aromatic rings. The van der Waals surface area contributed by atoms with Crippen molar-refractivity contribution in [1.82, 2.24) is 30.4 Å². The van der Waals surface area contributed by atoms with Crippen LogP contribution in [-0.4, -0.2) is 77.7 Å². The fourth-order valence-corrected chi connectivity index (χ4v) is 7.36. The number of anilines is 1. The number of rotatable bonds is 11. The predicted octanol–water partition coefficient (Wildman–Crippen LogP) is 0.602. The van der Waals surface area contributed by atoms with Gasteiger partial charge in [0.05, 0.1) is 18.0 Å². The third kappa shape index (κ3) is 5.38. The van der Waals surface area contributed by atoms with Crippen LogP contribution in [0.2, 0.25) is 0 Å². The molecule has 0 aliphatic carbocycles. The quantitative estimate of drug-likeness (QED) is 0.278. The Morgan fingerprint density at radius 2 is 2.02 bits per heavy atom. The van der Waals surface area contributed by atoms with Gasteiger partial charge in [0.1, 0.15) is 18.6 Å². The van der Waals surface area contributed by atoms with Crippen LogP contribution in [0.5, 0.6) is 0 Å². The van der Waals surface area contributed by atoms with Crippen molar-refractivity contribution in [1.29, 1.82) is 0 Å². The Balaban J connectivity index is 1.21. The standard InChI is InChI=1S/C26H32N8O5S/c1-13(7-17(35)11-33-12-29-31-32-33)20-21-14(2)23(22(26(38)39)34(21)25(20)37)40-18-8-19(28-10-18)24(36)30-16-5-3-15(9-27)4-6-16/h3-6,12-14,18-21,28H,7-11,27H2,1-2H3,(H,30,36)(H,38,39)/t13-,14+,18-,19-,20+,21+/m0/s1. The molecule has 5 rings (SSSR count). The van der Waals surface area contributed by atoms with Crippen LogP contribution >= 0.6 is 11.8 Å². The van der Waals surface area contributed by atoms with Crippen LogP contribution in [0.4, 0.5) is 5.69 Å². The van der Waals surface area contributed by atoms with Gasteiger partial charge in [-0.3, -0.25) is 14.4 Å². The first-order valence-electron chi connectivity index (χ1n) is 13.2. The monoisotopic (exact) mass is 568 g/mol. The molecule has 0 spiro atoms. The fourth-order valence-electron chi connectivity index (χ4n) is 5.88. The number of aromatic nitrogens is 4. The van der Waals surface area contributed by atoms with Crippen LogP contribution < -0.4 is 16.4 Å². The van der Waals surface area contributed by atoms with Crippen molar-refractivity contribution in [3.63, 3.8) is 0 Å². The molecule has 13 nitrogen and oxygen atoms in total. The number of tetrazole rings is 1. The second-order valence-electron chi connectivity index (χ2n) is 10.6. The number of carbonyl (C=O) groups excluding carboxylic acids is 3. The van der Waals surface area contributed by atoms with Gasteiger partial charge in [-0.2, -0.15) is 0 Å². The molecule has 6 atom stereocenters. The molecule has 14 heteroatoms. The van der Waals surface area contributed by atoms with E-state index in [0.29, 0.717) is 30.1 Å². The van der Waals surface area contributed by atoms with E-state index in [4.69, 9.17) is 5.73 Å². The number of carboxylic acid groups (broad SMARTS) is 1. The summed E-state index contributed by atoms with van der Waals surface area (Å²) < 4.78 is 1.33. The Hall–Kier alpha value is -3.62. The van der Waals surface area contributed by atoms with Gasteiger partial charge < -0.3 is 26.4 Å². The molecule has 212 valence electrons. The third-order valence-electron chi connectivity index (χ3n) is 7.84. The van der Waals surface area contributed by atoms with Gasteiger partial charge in [0.15, 0.2) is 5.78 Å². The molecular weight excluding hydrogens is 536 g/mol. The van der Waals surface area contributed by atoms with E-state index < -0.39 is 17.9 Å². The normalized spacial score (nSPS) is 26.4. The molecule has 1 aromatic heterocycles. The highest BCUT2D eigenvalue weighted by Crippen LogP contribution is 2.53. The van der Waals surface area contributed by atoms with Gasteiger partial charge in [-0.25, -0.2) is 9.48 Å². The molecule has 0 radical (unpaired) electrons. The maximum absolute atomic E-state index is 13.2. The van der Waals surface area contributed by atoms with Crippen molar-refractivity contribution in [2.75, 3.05) is 11.9 Å². The summed E-state index contributed by atoms with van der Waals surface area (Å²) in [6.07, 6.45) is 2.04. The van der Waals surface area contributed by atoms with E-state index in [1.807, 2.05) is 38.1 Å². The number of ketones is 1. The van der Waals surface area contributed by atoms with Crippen molar-refractivity contribution >= 4 is 41.0 Å². The number of thioether (sulfide) groups is 1. The number of nitrogens with two attached hydrogens (primary N) is 1. The van der Waals surface area contributed by atoms with Gasteiger partial charge in [0.2, 0.25) is 11.8 Å². The molecule has 0 bridgehead atoms. The summed E-state index contributed by atoms with van der Waals surface area (Å²) >= 11 is 1.43. The number of nitrogens with zero attached hydrogens (tertiary/aromatic N) is 5. The number of hydrogen-bond donors (Lipinski definition) is 4. The summed E-state index contributed by atoms with van der Waals surface area (Å²) in [6.45, 7) is 4.76. The van der Waals surface area contributed by atoms with E-state index in [1.165, 1.54) is 27.7 Å². The Bertz CT molecular complexity index is 1330. The van der Waals surface area contributed by atoms with Crippen molar-refractivity contribution in [2.24, 2.45) is 23.5 Å². The van der Waals surface area contributed by atoms with Crippen LogP contribution in [0.15, 0.2) is 41.2 Å². The zero-order valence-electron chi connectivity index (χ0n) is 22.2. The van der Waals surface area contributed by atoms with Gasteiger partial charge in [-0.1, -0.05) is 26.0 Å². The summed E-state index contributed by atoms with van der Waals surface area (Å²) in [6, 6.07) is 6.60. The van der Waals surface area contributed by atoms with Crippen molar-refractivity contribution in [3.05, 3.63) is 46.8 Å². The third-order valence-corrected chi connectivity index (χ3v) is 9.35. The predicted molar refractivity (Wildman–Crippen MR) is 145 cm³/mol. The summed E-state index contributed by atoms with van der Waals surface area (Å²) in [5.74, 6) is -2.60. The van der Waals surface area contributed by atoms with Crippen LogP contribution in [0, 0.1) is 17.8 Å². The van der Waals surface area contributed by atoms with Crippen molar-refractivity contribution in [2.45, 2.75) is 57.1 Å². The maximum atomic E-state index is 13.2. The average molecular weight is 569 g/mol. The summed E-state index contributed by atoms with van der Waals surface area (Å²) in [7, 11) is 0. The minimum absolute atomic E-state index is 0.0175. The lowest BCUT2D eigenvalue weighted by Gasteiger charge is -2.47. The largest absolute Gasteiger partial charge is 0.477 e. The summed E-state index contributed by atoms with van der Waals surface area (Å²) in [4.78, 5) is 52.9. The summed E-state index contributed by atoms with van der Waals surface area (Å²) in [5, 5.41) is 26.9. The van der Waals surface area contributed by atoms with Crippen LogP contribution in [0.1, 0.15) is 32.3 Å². The van der Waals surface area contributed by atoms with Crippen LogP contribution in [0.25, 0.3) is 0 Å². The SMILES string of the molecule is C[C@@H](CC(=O)Cn1cnnn1)[C@H]1C(=O)N2C(C(=O)O)=C(S[C@@H]3CN[C@H](C(=O)Nc4ccc(CN)cc4)C3)[C@H](C)[C@H]12. The summed E-state index contributed by atoms with van der Waals surface area (Å²) in [5.41, 5.74) is 7.30. The Morgan fingerprint density at radius 3 is 2.67 bits per heavy atom. The van der Waals surface area contributed by atoms with E-state index in [0.717, 1.165) is 5.56 Å². The number of carboxylic acids is 1. The van der Waals surface area contributed by atoms with Crippen molar-refractivity contribution in [3.8, 4) is 0 Å². The lowest BCUT2D eigenvalue weighted by molar-refractivity contribution is -0.160. The highest BCUT2D eigenvalue weighted by molar-refractivity contribution is 8.03. The average Bonchev–Trinajstić information content (AvgIpc) is 3.65. The zero-order valence-corrected chi connectivity index (χ0v) is 23.0. The first kappa shape index (κ1) is 27.9. The Morgan fingerprint density at radius 1 is 1.27 bits per heavy atom. The first-order chi connectivity index (χ1) is 19.2. The molecule has 0 saturated carbocycles. The number of β-lactam (4-membered cyclic amide) rings is 1. The van der Waals surface area contributed by atoms with E-state index in [-0.39, 0.29) is 59.4 Å². The highest BCUT2D eigenvalue weighted by Gasteiger charge is 2.60. The number of benzene rings is 1. The molecule has 2 amide bonds. The minimum Gasteiger partial charge on any atom is -0.477 e. The second-order valence-corrected chi connectivity index (χ2v) is 11.9. The number of amides is 2.